The maximum absolute atomic E-state index is 13.7. The predicted molar refractivity (Wildman–Crippen MR) is 171 cm³/mol. The summed E-state index contributed by atoms with van der Waals surface area (Å²) in [4.78, 5) is 39.2. The smallest absolute Gasteiger partial charge is 0.309 e. The zero-order valence-electron chi connectivity index (χ0n) is 25.6. The van der Waals surface area contributed by atoms with Gasteiger partial charge in [-0.3, -0.25) is 14.5 Å². The summed E-state index contributed by atoms with van der Waals surface area (Å²) in [7, 11) is 1.40. The van der Waals surface area contributed by atoms with Gasteiger partial charge in [-0.05, 0) is 56.0 Å². The van der Waals surface area contributed by atoms with Gasteiger partial charge in [-0.25, -0.2) is 9.97 Å². The number of aryl methyl sites for hydroxylation is 2. The number of fused-ring (bicyclic) bond motifs is 3. The Bertz CT molecular complexity index is 1540. The number of carbonyl (C=O) groups is 2. The average molecular weight is 585 g/mol. The summed E-state index contributed by atoms with van der Waals surface area (Å²) in [6.07, 6.45) is 7.55. The van der Waals surface area contributed by atoms with Crippen LogP contribution in [-0.4, -0.2) is 69.5 Å². The zero-order valence-corrected chi connectivity index (χ0v) is 25.6. The molecule has 0 spiro atoms. The van der Waals surface area contributed by atoms with E-state index < -0.39 is 0 Å². The number of hydrogen-bond acceptors (Lipinski definition) is 7. The average Bonchev–Trinajstić information content (AvgIpc) is 3.40. The highest BCUT2D eigenvalue weighted by Gasteiger charge is 2.21. The van der Waals surface area contributed by atoms with Crippen LogP contribution in [0.4, 0.5) is 5.82 Å². The number of carbonyl (C=O) groups excluding carboxylic acids is 2. The highest BCUT2D eigenvalue weighted by Crippen LogP contribution is 2.29. The van der Waals surface area contributed by atoms with Crippen LogP contribution in [-0.2, 0) is 40.3 Å². The van der Waals surface area contributed by atoms with Crippen LogP contribution in [0, 0.1) is 0 Å². The molecule has 4 aromatic rings. The number of amides is 1. The number of nitrogens with two attached hydrogens (primary N) is 1. The number of hydrogen-bond donors (Lipinski definition) is 1. The van der Waals surface area contributed by atoms with Crippen LogP contribution >= 0.6 is 0 Å². The van der Waals surface area contributed by atoms with E-state index in [0.29, 0.717) is 25.5 Å². The second-order valence-electron chi connectivity index (χ2n) is 11.6. The van der Waals surface area contributed by atoms with Crippen LogP contribution in [0.15, 0.2) is 48.5 Å². The molecule has 0 aliphatic carbocycles. The minimum atomic E-state index is -0.262. The van der Waals surface area contributed by atoms with E-state index >= 15 is 0 Å². The zero-order chi connectivity index (χ0) is 30.2. The minimum absolute atomic E-state index is 0.154. The Morgan fingerprint density at radius 1 is 0.977 bits per heavy atom. The van der Waals surface area contributed by atoms with Crippen LogP contribution in [0.5, 0.6) is 0 Å². The summed E-state index contributed by atoms with van der Waals surface area (Å²) in [5.41, 5.74) is 11.0. The number of para-hydroxylation sites is 1. The number of likely N-dealkylation sites (tertiary alicyclic amines) is 1. The van der Waals surface area contributed by atoms with Gasteiger partial charge in [0.25, 0.3) is 0 Å². The molecule has 9 nitrogen and oxygen atoms in total. The number of esters is 1. The van der Waals surface area contributed by atoms with Crippen molar-refractivity contribution < 1.29 is 14.3 Å². The quantitative estimate of drug-likeness (QED) is 0.217. The topological polar surface area (TPSA) is 107 Å². The molecule has 2 N–H and O–H groups in total. The van der Waals surface area contributed by atoms with Crippen molar-refractivity contribution in [3.63, 3.8) is 0 Å². The van der Waals surface area contributed by atoms with Crippen molar-refractivity contribution >= 4 is 39.6 Å². The number of benzene rings is 2. The first-order valence-electron chi connectivity index (χ1n) is 15.6. The van der Waals surface area contributed by atoms with Gasteiger partial charge >= 0.3 is 5.97 Å². The van der Waals surface area contributed by atoms with E-state index in [9.17, 15) is 9.59 Å². The molecule has 3 heterocycles. The maximum atomic E-state index is 13.7. The number of imidazole rings is 1. The fraction of sp³-hybridized carbons (Fsp3) is 0.471. The largest absolute Gasteiger partial charge is 0.469 e. The molecule has 0 saturated carbocycles. The molecule has 0 bridgehead atoms. The van der Waals surface area contributed by atoms with E-state index in [1.165, 1.54) is 13.5 Å². The number of piperidine rings is 1. The van der Waals surface area contributed by atoms with E-state index in [2.05, 4.69) is 27.4 Å². The molecular weight excluding hydrogens is 540 g/mol. The molecule has 0 radical (unpaired) electrons. The summed E-state index contributed by atoms with van der Waals surface area (Å²) in [6.45, 7) is 6.47. The van der Waals surface area contributed by atoms with Crippen molar-refractivity contribution in [1.82, 2.24) is 24.3 Å². The first kappa shape index (κ1) is 30.5. The van der Waals surface area contributed by atoms with Crippen molar-refractivity contribution in [2.75, 3.05) is 39.0 Å². The molecule has 2 aromatic carbocycles. The molecule has 5 rings (SSSR count). The summed E-state index contributed by atoms with van der Waals surface area (Å²) in [5.74, 6) is 1.37. The van der Waals surface area contributed by atoms with Crippen molar-refractivity contribution in [3.8, 4) is 0 Å². The molecule has 9 heteroatoms. The SMILES string of the molecule is CCCCc1nc2c(N)nc3ccccc3c2n1CCCN(Cc1ccc(CC(=O)OC)cc1)C(=O)CN1CCCCC1. The maximum Gasteiger partial charge on any atom is 0.309 e. The van der Waals surface area contributed by atoms with Crippen molar-refractivity contribution in [2.24, 2.45) is 0 Å². The highest BCUT2D eigenvalue weighted by molar-refractivity contribution is 6.06. The van der Waals surface area contributed by atoms with Gasteiger partial charge in [0.2, 0.25) is 5.91 Å². The van der Waals surface area contributed by atoms with Crippen LogP contribution in [0.25, 0.3) is 21.9 Å². The molecule has 1 saturated heterocycles. The third-order valence-corrected chi connectivity index (χ3v) is 8.39. The monoisotopic (exact) mass is 584 g/mol. The number of methoxy groups -OCH3 is 1. The number of anilines is 1. The minimum Gasteiger partial charge on any atom is -0.469 e. The fourth-order valence-corrected chi connectivity index (χ4v) is 6.01. The van der Waals surface area contributed by atoms with Gasteiger partial charge in [-0.15, -0.1) is 0 Å². The molecule has 1 fully saturated rings. The number of nitrogen functional groups attached to an aromatic ring is 1. The van der Waals surface area contributed by atoms with E-state index in [-0.39, 0.29) is 18.3 Å². The molecular formula is C34H44N6O3. The van der Waals surface area contributed by atoms with Gasteiger partial charge in [0.05, 0.1) is 31.1 Å². The molecule has 1 aliphatic rings. The third kappa shape index (κ3) is 7.51. The Hall–Kier alpha value is -3.98. The Kier molecular flexibility index (Phi) is 10.3. The lowest BCUT2D eigenvalue weighted by Crippen LogP contribution is -2.42. The molecule has 1 aliphatic heterocycles. The molecule has 0 atom stereocenters. The summed E-state index contributed by atoms with van der Waals surface area (Å²) >= 11 is 0. The summed E-state index contributed by atoms with van der Waals surface area (Å²) in [6, 6.07) is 16.0. The lowest BCUT2D eigenvalue weighted by molar-refractivity contribution is -0.139. The van der Waals surface area contributed by atoms with Crippen molar-refractivity contribution in [2.45, 2.75) is 71.4 Å². The Labute approximate surface area is 254 Å². The van der Waals surface area contributed by atoms with Gasteiger partial charge in [0, 0.05) is 31.4 Å². The number of nitrogens with zero attached hydrogens (tertiary/aromatic N) is 5. The highest BCUT2D eigenvalue weighted by atomic mass is 16.5. The van der Waals surface area contributed by atoms with Crippen molar-refractivity contribution in [1.29, 1.82) is 0 Å². The first-order chi connectivity index (χ1) is 21.0. The van der Waals surface area contributed by atoms with Crippen molar-refractivity contribution in [3.05, 3.63) is 65.5 Å². The number of rotatable bonds is 13. The standard InChI is InChI=1S/C34H44N6O3/c1-3-4-13-29-37-32-33(27-11-6-7-12-28(27)36-34(32)35)40(29)21-10-20-39(30(41)24-38-18-8-5-9-19-38)23-26-16-14-25(15-17-26)22-31(42)43-2/h6-7,11-12,14-17H,3-5,8-10,13,18-24H2,1-2H3,(H2,35,36). The van der Waals surface area contributed by atoms with Crippen LogP contribution in [0.3, 0.4) is 0 Å². The van der Waals surface area contributed by atoms with E-state index in [4.69, 9.17) is 15.5 Å². The fourth-order valence-electron chi connectivity index (χ4n) is 6.01. The Morgan fingerprint density at radius 3 is 2.47 bits per heavy atom. The van der Waals surface area contributed by atoms with E-state index in [1.54, 1.807) is 0 Å². The lowest BCUT2D eigenvalue weighted by Gasteiger charge is -2.30. The molecule has 2 aromatic heterocycles. The Balaban J connectivity index is 1.37. The van der Waals surface area contributed by atoms with Gasteiger partial charge < -0.3 is 19.9 Å². The van der Waals surface area contributed by atoms with Gasteiger partial charge in [0.15, 0.2) is 5.82 Å². The molecule has 43 heavy (non-hydrogen) atoms. The van der Waals surface area contributed by atoms with Gasteiger partial charge in [-0.2, -0.15) is 0 Å². The van der Waals surface area contributed by atoms with Gasteiger partial charge in [0.1, 0.15) is 11.3 Å². The molecule has 0 unspecified atom stereocenters. The normalized spacial score (nSPS) is 13.9. The van der Waals surface area contributed by atoms with E-state index in [1.807, 2.05) is 47.4 Å². The predicted octanol–water partition coefficient (Wildman–Crippen LogP) is 5.13. The number of ether oxygens (including phenoxy) is 1. The molecule has 228 valence electrons. The second kappa shape index (κ2) is 14.5. The second-order valence-corrected chi connectivity index (χ2v) is 11.6. The van der Waals surface area contributed by atoms with E-state index in [0.717, 1.165) is 97.0 Å². The summed E-state index contributed by atoms with van der Waals surface area (Å²) in [5, 5.41) is 1.05. The number of aromatic nitrogens is 3. The molecule has 1 amide bonds. The number of pyridine rings is 1. The van der Waals surface area contributed by atoms with Crippen LogP contribution < -0.4 is 5.73 Å². The first-order valence-corrected chi connectivity index (χ1v) is 15.6. The summed E-state index contributed by atoms with van der Waals surface area (Å²) < 4.78 is 7.11. The number of unbranched alkanes of at least 4 members (excludes halogenated alkanes) is 1. The van der Waals surface area contributed by atoms with Gasteiger partial charge in [-0.1, -0.05) is 62.2 Å². The van der Waals surface area contributed by atoms with Crippen LogP contribution in [0.1, 0.15) is 62.4 Å². The third-order valence-electron chi connectivity index (χ3n) is 8.39. The lowest BCUT2D eigenvalue weighted by atomic mass is 10.1. The van der Waals surface area contributed by atoms with Crippen LogP contribution in [0.2, 0.25) is 0 Å². The Morgan fingerprint density at radius 2 is 1.72 bits per heavy atom.